The molecule has 0 aliphatic carbocycles. The van der Waals surface area contributed by atoms with Gasteiger partial charge in [-0.1, -0.05) is 17.7 Å². The predicted octanol–water partition coefficient (Wildman–Crippen LogP) is 5.02. The second-order valence-electron chi connectivity index (χ2n) is 6.06. The minimum Gasteiger partial charge on any atom is -0.486 e. The third-order valence-electron chi connectivity index (χ3n) is 4.06. The summed E-state index contributed by atoms with van der Waals surface area (Å²) < 4.78 is 16.9. The van der Waals surface area contributed by atoms with E-state index in [1.807, 2.05) is 18.2 Å². The third kappa shape index (κ3) is 3.51. The Kier molecular flexibility index (Phi) is 4.40. The lowest BCUT2D eigenvalue weighted by molar-refractivity contribution is 0.171. The molecule has 25 heavy (non-hydrogen) atoms. The molecule has 2 heterocycles. The zero-order chi connectivity index (χ0) is 17.2. The first kappa shape index (κ1) is 16.1. The van der Waals surface area contributed by atoms with Crippen LogP contribution in [0.4, 0.5) is 0 Å². The van der Waals surface area contributed by atoms with Crippen molar-refractivity contribution < 1.29 is 13.9 Å². The van der Waals surface area contributed by atoms with Crippen LogP contribution in [0.25, 0.3) is 11.5 Å². The molecule has 1 aliphatic heterocycles. The molecule has 0 saturated heterocycles. The molecule has 0 atom stereocenters. The Morgan fingerprint density at radius 3 is 2.68 bits per heavy atom. The minimum absolute atomic E-state index is 0.601. The summed E-state index contributed by atoms with van der Waals surface area (Å²) in [5, 5.41) is 0. The van der Waals surface area contributed by atoms with E-state index in [1.54, 1.807) is 18.0 Å². The summed E-state index contributed by atoms with van der Waals surface area (Å²) >= 11 is 1.70. The maximum Gasteiger partial charge on any atom is 0.226 e. The van der Waals surface area contributed by atoms with E-state index < -0.39 is 0 Å². The highest BCUT2D eigenvalue weighted by atomic mass is 32.2. The average Bonchev–Trinajstić information content (AvgIpc) is 3.08. The second-order valence-corrected chi connectivity index (χ2v) is 7.11. The van der Waals surface area contributed by atoms with Crippen LogP contribution in [0.15, 0.2) is 52.0 Å². The number of oxazole rings is 1. The van der Waals surface area contributed by atoms with Gasteiger partial charge in [-0.3, -0.25) is 0 Å². The molecule has 5 heteroatoms. The van der Waals surface area contributed by atoms with Gasteiger partial charge in [-0.2, -0.15) is 0 Å². The van der Waals surface area contributed by atoms with Crippen LogP contribution >= 0.6 is 11.8 Å². The predicted molar refractivity (Wildman–Crippen MR) is 98.4 cm³/mol. The Morgan fingerprint density at radius 2 is 1.84 bits per heavy atom. The molecule has 0 bridgehead atoms. The first-order valence-corrected chi connectivity index (χ1v) is 9.22. The van der Waals surface area contributed by atoms with Crippen LogP contribution in [0.2, 0.25) is 0 Å². The van der Waals surface area contributed by atoms with Crippen molar-refractivity contribution in [3.8, 4) is 23.0 Å². The van der Waals surface area contributed by atoms with Gasteiger partial charge in [-0.25, -0.2) is 4.98 Å². The van der Waals surface area contributed by atoms with Gasteiger partial charge in [0, 0.05) is 16.2 Å². The number of hydrogen-bond acceptors (Lipinski definition) is 5. The van der Waals surface area contributed by atoms with Gasteiger partial charge in [0.1, 0.15) is 19.5 Å². The average molecular weight is 353 g/mol. The van der Waals surface area contributed by atoms with Gasteiger partial charge in [0.05, 0.1) is 5.69 Å². The molecule has 0 N–H and O–H groups in total. The number of ether oxygens (including phenoxy) is 2. The lowest BCUT2D eigenvalue weighted by atomic mass is 10.1. The summed E-state index contributed by atoms with van der Waals surface area (Å²) in [7, 11) is 0. The highest BCUT2D eigenvalue weighted by Crippen LogP contribution is 2.35. The molecule has 1 aliphatic rings. The standard InChI is InChI=1S/C20H19NO3S/c1-13-3-5-17(14(2)9-13)20-21-15(11-24-20)12-25-16-4-6-18-19(10-16)23-8-7-22-18/h3-6,9-11H,7-8,12H2,1-2H3. The van der Waals surface area contributed by atoms with Crippen LogP contribution in [0.5, 0.6) is 11.5 Å². The molecule has 0 unspecified atom stereocenters. The summed E-state index contributed by atoms with van der Waals surface area (Å²) in [4.78, 5) is 5.76. The highest BCUT2D eigenvalue weighted by Gasteiger charge is 2.13. The largest absolute Gasteiger partial charge is 0.486 e. The summed E-state index contributed by atoms with van der Waals surface area (Å²) in [6, 6.07) is 12.3. The molecule has 4 nitrogen and oxygen atoms in total. The van der Waals surface area contributed by atoms with E-state index in [1.165, 1.54) is 11.1 Å². The zero-order valence-electron chi connectivity index (χ0n) is 14.2. The van der Waals surface area contributed by atoms with Crippen molar-refractivity contribution in [2.24, 2.45) is 0 Å². The SMILES string of the molecule is Cc1ccc(-c2nc(CSc3ccc4c(c3)OCCO4)co2)c(C)c1. The van der Waals surface area contributed by atoms with Crippen LogP contribution < -0.4 is 9.47 Å². The molecule has 0 fully saturated rings. The number of benzene rings is 2. The monoisotopic (exact) mass is 353 g/mol. The van der Waals surface area contributed by atoms with Crippen molar-refractivity contribution in [3.63, 3.8) is 0 Å². The topological polar surface area (TPSA) is 44.5 Å². The smallest absolute Gasteiger partial charge is 0.226 e. The van der Waals surface area contributed by atoms with Crippen LogP contribution in [-0.4, -0.2) is 18.2 Å². The number of nitrogens with zero attached hydrogens (tertiary/aromatic N) is 1. The first-order chi connectivity index (χ1) is 12.2. The maximum atomic E-state index is 5.68. The van der Waals surface area contributed by atoms with Gasteiger partial charge in [0.15, 0.2) is 11.5 Å². The fraction of sp³-hybridized carbons (Fsp3) is 0.250. The maximum absolute atomic E-state index is 5.68. The van der Waals surface area contributed by atoms with Crippen LogP contribution in [0.3, 0.4) is 0 Å². The summed E-state index contributed by atoms with van der Waals surface area (Å²) in [5.74, 6) is 3.05. The Morgan fingerprint density at radius 1 is 1.00 bits per heavy atom. The van der Waals surface area contributed by atoms with Crippen molar-refractivity contribution in [2.75, 3.05) is 13.2 Å². The van der Waals surface area contributed by atoms with Crippen molar-refractivity contribution in [1.29, 1.82) is 0 Å². The molecule has 0 radical (unpaired) electrons. The molecular formula is C20H19NO3S. The number of thioether (sulfide) groups is 1. The van der Waals surface area contributed by atoms with E-state index >= 15 is 0 Å². The molecule has 1 aromatic heterocycles. The van der Waals surface area contributed by atoms with Crippen molar-refractivity contribution in [3.05, 3.63) is 59.5 Å². The number of fused-ring (bicyclic) bond motifs is 1. The van der Waals surface area contributed by atoms with Gasteiger partial charge in [-0.15, -0.1) is 11.8 Å². The molecule has 0 spiro atoms. The van der Waals surface area contributed by atoms with Crippen molar-refractivity contribution in [2.45, 2.75) is 24.5 Å². The van der Waals surface area contributed by atoms with E-state index in [0.717, 1.165) is 33.4 Å². The summed E-state index contributed by atoms with van der Waals surface area (Å²) in [6.45, 7) is 5.38. The number of aromatic nitrogens is 1. The second kappa shape index (κ2) is 6.84. The van der Waals surface area contributed by atoms with Gasteiger partial charge < -0.3 is 13.9 Å². The highest BCUT2D eigenvalue weighted by molar-refractivity contribution is 7.98. The Balaban J connectivity index is 1.46. The molecular weight excluding hydrogens is 334 g/mol. The molecule has 0 amide bonds. The van der Waals surface area contributed by atoms with E-state index in [0.29, 0.717) is 19.1 Å². The van der Waals surface area contributed by atoms with Crippen LogP contribution in [0, 0.1) is 13.8 Å². The third-order valence-corrected chi connectivity index (χ3v) is 5.09. The van der Waals surface area contributed by atoms with E-state index in [-0.39, 0.29) is 0 Å². The lowest BCUT2D eigenvalue weighted by Crippen LogP contribution is -2.15. The summed E-state index contributed by atoms with van der Waals surface area (Å²) in [5.41, 5.74) is 4.38. The quantitative estimate of drug-likeness (QED) is 0.616. The summed E-state index contributed by atoms with van der Waals surface area (Å²) in [6.07, 6.45) is 1.74. The lowest BCUT2D eigenvalue weighted by Gasteiger charge is -2.18. The molecule has 2 aromatic carbocycles. The molecule has 128 valence electrons. The molecule has 3 aromatic rings. The first-order valence-electron chi connectivity index (χ1n) is 8.23. The minimum atomic E-state index is 0.601. The Labute approximate surface area is 151 Å². The van der Waals surface area contributed by atoms with Crippen LogP contribution in [0.1, 0.15) is 16.8 Å². The Bertz CT molecular complexity index is 904. The number of hydrogen-bond donors (Lipinski definition) is 0. The van der Waals surface area contributed by atoms with Crippen LogP contribution in [-0.2, 0) is 5.75 Å². The fourth-order valence-corrected chi connectivity index (χ4v) is 3.62. The van der Waals surface area contributed by atoms with Gasteiger partial charge >= 0.3 is 0 Å². The zero-order valence-corrected chi connectivity index (χ0v) is 15.1. The number of rotatable bonds is 4. The molecule has 4 rings (SSSR count). The van der Waals surface area contributed by atoms with E-state index in [9.17, 15) is 0 Å². The van der Waals surface area contributed by atoms with Gasteiger partial charge in [-0.05, 0) is 43.7 Å². The normalized spacial score (nSPS) is 13.0. The van der Waals surface area contributed by atoms with Crippen molar-refractivity contribution in [1.82, 2.24) is 4.98 Å². The van der Waals surface area contributed by atoms with Gasteiger partial charge in [0.25, 0.3) is 0 Å². The van der Waals surface area contributed by atoms with Gasteiger partial charge in [0.2, 0.25) is 5.89 Å². The van der Waals surface area contributed by atoms with Crippen molar-refractivity contribution >= 4 is 11.8 Å². The number of aryl methyl sites for hydroxylation is 2. The van der Waals surface area contributed by atoms with E-state index in [2.05, 4.69) is 37.0 Å². The Hall–Kier alpha value is -2.40. The molecule has 0 saturated carbocycles. The fourth-order valence-electron chi connectivity index (χ4n) is 2.82. The van der Waals surface area contributed by atoms with E-state index in [4.69, 9.17) is 13.9 Å².